The van der Waals surface area contributed by atoms with Gasteiger partial charge in [0.05, 0.1) is 12.3 Å². The summed E-state index contributed by atoms with van der Waals surface area (Å²) < 4.78 is 7.42. The molecule has 184 valence electrons. The highest BCUT2D eigenvalue weighted by atomic mass is 16.5. The van der Waals surface area contributed by atoms with Crippen LogP contribution in [0.15, 0.2) is 66.9 Å². The van der Waals surface area contributed by atoms with Crippen molar-refractivity contribution >= 4 is 23.7 Å². The first-order valence-electron chi connectivity index (χ1n) is 12.2. The third kappa shape index (κ3) is 4.69. The second-order valence-electron chi connectivity index (χ2n) is 9.37. The molecule has 1 aromatic heterocycles. The number of ketones is 1. The number of carbonyl (C=O) groups excluding carboxylic acids is 2. The van der Waals surface area contributed by atoms with Crippen LogP contribution < -0.4 is 10.1 Å². The second-order valence-corrected chi connectivity index (χ2v) is 9.37. The molecule has 0 saturated heterocycles. The number of carboxylic acids is 1. The van der Waals surface area contributed by atoms with Crippen molar-refractivity contribution in [2.45, 2.75) is 44.2 Å². The maximum Gasteiger partial charge on any atom is 0.329 e. The smallest absolute Gasteiger partial charge is 0.329 e. The molecule has 3 aromatic rings. The monoisotopic (exact) mass is 484 g/mol. The Hall–Kier alpha value is -4.13. The molecule has 0 radical (unpaired) electrons. The predicted molar refractivity (Wildman–Crippen MR) is 135 cm³/mol. The number of rotatable bonds is 8. The second kappa shape index (κ2) is 9.85. The molecule has 0 bridgehead atoms. The fourth-order valence-electron chi connectivity index (χ4n) is 5.00. The molecule has 0 unspecified atom stereocenters. The zero-order valence-electron chi connectivity index (χ0n) is 19.9. The summed E-state index contributed by atoms with van der Waals surface area (Å²) in [5.74, 6) is -0.550. The van der Waals surface area contributed by atoms with E-state index in [2.05, 4.69) is 5.32 Å². The molecule has 2 heterocycles. The number of nitrogens with one attached hydrogen (secondary N) is 1. The number of benzene rings is 2. The molecule has 1 amide bonds. The van der Waals surface area contributed by atoms with Crippen LogP contribution in [0.5, 0.6) is 5.75 Å². The zero-order chi connectivity index (χ0) is 25.1. The number of nitrogens with zero attached hydrogens (tertiary/aromatic N) is 1. The van der Waals surface area contributed by atoms with Crippen molar-refractivity contribution < 1.29 is 24.2 Å². The van der Waals surface area contributed by atoms with Crippen molar-refractivity contribution in [2.24, 2.45) is 0 Å². The van der Waals surface area contributed by atoms with Crippen molar-refractivity contribution in [1.82, 2.24) is 9.88 Å². The van der Waals surface area contributed by atoms with E-state index in [0.717, 1.165) is 36.1 Å². The van der Waals surface area contributed by atoms with Gasteiger partial charge in [0.15, 0.2) is 0 Å². The van der Waals surface area contributed by atoms with Crippen LogP contribution in [0.25, 0.3) is 6.08 Å². The van der Waals surface area contributed by atoms with E-state index in [9.17, 15) is 19.5 Å². The molecule has 0 atom stereocenters. The largest absolute Gasteiger partial charge is 0.493 e. The molecule has 2 aliphatic rings. The lowest BCUT2D eigenvalue weighted by Gasteiger charge is -2.25. The van der Waals surface area contributed by atoms with Gasteiger partial charge in [0.1, 0.15) is 11.3 Å². The molecule has 1 aliphatic carbocycles. The summed E-state index contributed by atoms with van der Waals surface area (Å²) in [6.45, 7) is 1.14. The normalized spacial score (nSPS) is 16.0. The van der Waals surface area contributed by atoms with Crippen molar-refractivity contribution in [3.8, 4) is 5.75 Å². The molecule has 1 saturated carbocycles. The number of allylic oxidation sites excluding steroid dienone is 1. The molecule has 36 heavy (non-hydrogen) atoms. The number of hydrogen-bond donors (Lipinski definition) is 2. The van der Waals surface area contributed by atoms with Gasteiger partial charge in [-0.3, -0.25) is 9.59 Å². The molecule has 2 N–H and O–H groups in total. The Kier molecular flexibility index (Phi) is 6.46. The van der Waals surface area contributed by atoms with E-state index in [-0.39, 0.29) is 11.7 Å². The number of amides is 1. The summed E-state index contributed by atoms with van der Waals surface area (Å²) in [7, 11) is 0. The van der Waals surface area contributed by atoms with Gasteiger partial charge < -0.3 is 19.7 Å². The number of carboxylic acid groups (broad SMARTS) is 1. The van der Waals surface area contributed by atoms with Crippen LogP contribution in [0.1, 0.15) is 63.2 Å². The van der Waals surface area contributed by atoms with Gasteiger partial charge >= 0.3 is 5.97 Å². The van der Waals surface area contributed by atoms with Gasteiger partial charge in [-0.25, -0.2) is 4.79 Å². The first kappa shape index (κ1) is 23.6. The van der Waals surface area contributed by atoms with E-state index in [4.69, 9.17) is 4.74 Å². The van der Waals surface area contributed by atoms with Gasteiger partial charge in [-0.2, -0.15) is 0 Å². The standard InChI is InChI=1S/C29H28N2O5/c32-26(22-10-11-25-21(19-22)12-17-36-25)24-9-5-16-31(24)15-4-7-20-6-3-8-23(18-20)27(33)30-29(28(34)35)13-1-2-14-29/h3-11,16,18-19H,1-2,12-15,17H2,(H,30,33)(H,34,35)/b7-4+. The molecule has 1 fully saturated rings. The van der Waals surface area contributed by atoms with Crippen molar-refractivity contribution in [3.05, 3.63) is 94.8 Å². The van der Waals surface area contributed by atoms with E-state index in [1.165, 1.54) is 0 Å². The first-order valence-corrected chi connectivity index (χ1v) is 12.2. The Bertz CT molecular complexity index is 1350. The van der Waals surface area contributed by atoms with Crippen molar-refractivity contribution in [2.75, 3.05) is 6.61 Å². The number of carbonyl (C=O) groups is 3. The summed E-state index contributed by atoms with van der Waals surface area (Å²) in [4.78, 5) is 37.7. The average molecular weight is 485 g/mol. The third-order valence-electron chi connectivity index (χ3n) is 6.99. The van der Waals surface area contributed by atoms with Crippen molar-refractivity contribution in [1.29, 1.82) is 0 Å². The van der Waals surface area contributed by atoms with Crippen molar-refractivity contribution in [3.63, 3.8) is 0 Å². The molecule has 2 aromatic carbocycles. The summed E-state index contributed by atoms with van der Waals surface area (Å²) >= 11 is 0. The zero-order valence-corrected chi connectivity index (χ0v) is 19.9. The average Bonchev–Trinajstić information content (AvgIpc) is 3.64. The number of hydrogen-bond acceptors (Lipinski definition) is 4. The molecule has 1 aliphatic heterocycles. The van der Waals surface area contributed by atoms with Gasteiger partial charge in [-0.15, -0.1) is 0 Å². The van der Waals surface area contributed by atoms with Gasteiger partial charge in [0, 0.05) is 30.3 Å². The van der Waals surface area contributed by atoms with E-state index in [0.29, 0.717) is 42.8 Å². The topological polar surface area (TPSA) is 97.6 Å². The van der Waals surface area contributed by atoms with Crippen LogP contribution in [0.3, 0.4) is 0 Å². The molecular weight excluding hydrogens is 456 g/mol. The van der Waals surface area contributed by atoms with Crippen LogP contribution >= 0.6 is 0 Å². The Labute approximate surface area is 209 Å². The quantitative estimate of drug-likeness (QED) is 0.459. The lowest BCUT2D eigenvalue weighted by Crippen LogP contribution is -2.52. The summed E-state index contributed by atoms with van der Waals surface area (Å²) in [5, 5.41) is 12.4. The van der Waals surface area contributed by atoms with Crippen LogP contribution in [-0.2, 0) is 17.8 Å². The lowest BCUT2D eigenvalue weighted by atomic mass is 9.97. The fourth-order valence-corrected chi connectivity index (χ4v) is 5.00. The van der Waals surface area contributed by atoms with Crippen LogP contribution in [0, 0.1) is 0 Å². The Morgan fingerprint density at radius 1 is 1.03 bits per heavy atom. The maximum absolute atomic E-state index is 13.1. The van der Waals surface area contributed by atoms with E-state index in [1.807, 2.05) is 53.2 Å². The molecule has 0 spiro atoms. The number of aliphatic carboxylic acids is 1. The maximum atomic E-state index is 13.1. The highest BCUT2D eigenvalue weighted by molar-refractivity contribution is 6.08. The Balaban J connectivity index is 1.26. The van der Waals surface area contributed by atoms with Crippen LogP contribution in [0.4, 0.5) is 0 Å². The lowest BCUT2D eigenvalue weighted by molar-refractivity contribution is -0.144. The SMILES string of the molecule is O=C(NC1(C(=O)O)CCCC1)c1cccc(/C=C/Cn2cccc2C(=O)c2ccc3c(c2)CCO3)c1. The number of fused-ring (bicyclic) bond motifs is 1. The van der Waals surface area contributed by atoms with Gasteiger partial charge in [0.2, 0.25) is 5.78 Å². The van der Waals surface area contributed by atoms with E-state index >= 15 is 0 Å². The summed E-state index contributed by atoms with van der Waals surface area (Å²) in [6.07, 6.45) is 8.98. The number of aromatic nitrogens is 1. The number of ether oxygens (including phenoxy) is 1. The minimum absolute atomic E-state index is 0.0407. The predicted octanol–water partition coefficient (Wildman–Crippen LogP) is 4.49. The Morgan fingerprint density at radius 3 is 2.67 bits per heavy atom. The highest BCUT2D eigenvalue weighted by Crippen LogP contribution is 2.30. The third-order valence-corrected chi connectivity index (χ3v) is 6.99. The highest BCUT2D eigenvalue weighted by Gasteiger charge is 2.42. The summed E-state index contributed by atoms with van der Waals surface area (Å²) in [5.41, 5.74) is 2.36. The van der Waals surface area contributed by atoms with Gasteiger partial charge in [0.25, 0.3) is 5.91 Å². The Morgan fingerprint density at radius 2 is 1.86 bits per heavy atom. The molecule has 7 nitrogen and oxygen atoms in total. The summed E-state index contributed by atoms with van der Waals surface area (Å²) in [6, 6.07) is 16.3. The fraction of sp³-hybridized carbons (Fsp3) is 0.276. The molecule has 5 rings (SSSR count). The van der Waals surface area contributed by atoms with E-state index < -0.39 is 11.5 Å². The van der Waals surface area contributed by atoms with Gasteiger partial charge in [-0.1, -0.05) is 37.1 Å². The van der Waals surface area contributed by atoms with Gasteiger partial charge in [-0.05, 0) is 66.4 Å². The molecular formula is C29H28N2O5. The van der Waals surface area contributed by atoms with Crippen LogP contribution in [-0.4, -0.2) is 39.5 Å². The first-order chi connectivity index (χ1) is 17.4. The minimum Gasteiger partial charge on any atom is -0.493 e. The minimum atomic E-state index is -1.17. The molecule has 7 heteroatoms. The van der Waals surface area contributed by atoms with Crippen LogP contribution in [0.2, 0.25) is 0 Å². The van der Waals surface area contributed by atoms with E-state index in [1.54, 1.807) is 24.3 Å².